The minimum absolute atomic E-state index is 0.185. The van der Waals surface area contributed by atoms with Gasteiger partial charge in [0.15, 0.2) is 0 Å². The van der Waals surface area contributed by atoms with Gasteiger partial charge in [0.05, 0.1) is 6.17 Å². The van der Waals surface area contributed by atoms with Crippen LogP contribution in [0.2, 0.25) is 0 Å². The van der Waals surface area contributed by atoms with Gasteiger partial charge in [0, 0.05) is 0 Å². The van der Waals surface area contributed by atoms with Crippen LogP contribution in [-0.2, 0) is 0 Å². The van der Waals surface area contributed by atoms with Crippen molar-refractivity contribution in [2.45, 2.75) is 68.0 Å². The largest absolute Gasteiger partial charge is 0.248 e. The van der Waals surface area contributed by atoms with Crippen LogP contribution >= 0.6 is 0 Å². The van der Waals surface area contributed by atoms with Crippen molar-refractivity contribution in [1.29, 1.82) is 0 Å². The summed E-state index contributed by atoms with van der Waals surface area (Å²) in [5.74, 6) is 1.72. The molecule has 0 fully saturated rings. The summed E-state index contributed by atoms with van der Waals surface area (Å²) < 4.78 is 11.8. The lowest BCUT2D eigenvalue weighted by Crippen LogP contribution is -2.01. The first-order valence-electron chi connectivity index (χ1n) is 6.45. The molecule has 0 N–H and O–H groups in total. The molecule has 1 unspecified atom stereocenters. The van der Waals surface area contributed by atoms with Gasteiger partial charge in [-0.15, -0.1) is 6.58 Å². The van der Waals surface area contributed by atoms with Crippen molar-refractivity contribution in [1.82, 2.24) is 0 Å². The first-order chi connectivity index (χ1) is 7.18. The van der Waals surface area contributed by atoms with Crippen molar-refractivity contribution in [2.24, 2.45) is 17.8 Å². The predicted molar refractivity (Wildman–Crippen MR) is 75.6 cm³/mol. The third-order valence-electron chi connectivity index (χ3n) is 2.21. The fourth-order valence-corrected chi connectivity index (χ4v) is 0. The monoisotopic (exact) mass is 232 g/mol. The molecule has 0 heterocycles. The maximum absolute atomic E-state index is 11.8. The van der Waals surface area contributed by atoms with E-state index in [4.69, 9.17) is 0 Å². The lowest BCUT2D eigenvalue weighted by atomic mass is 10.1. The highest BCUT2D eigenvalue weighted by Gasteiger charge is 2.00. The van der Waals surface area contributed by atoms with Crippen molar-refractivity contribution >= 4 is 0 Å². The fraction of sp³-hybridized carbons (Fsp3) is 0.867. The highest BCUT2D eigenvalue weighted by atomic mass is 19.1. The molecule has 1 atom stereocenters. The van der Waals surface area contributed by atoms with E-state index in [1.54, 1.807) is 6.92 Å². The second kappa shape index (κ2) is 14.7. The normalized spacial score (nSPS) is 11.5. The van der Waals surface area contributed by atoms with E-state index in [2.05, 4.69) is 41.2 Å². The van der Waals surface area contributed by atoms with Gasteiger partial charge in [0.1, 0.15) is 0 Å². The Morgan fingerprint density at radius 1 is 1.00 bits per heavy atom. The Hall–Kier alpha value is -0.330. The second-order valence-corrected chi connectivity index (χ2v) is 5.20. The maximum Gasteiger partial charge on any atom is 0.0996 e. The first kappa shape index (κ1) is 21.0. The minimum atomic E-state index is -0.648. The summed E-state index contributed by atoms with van der Waals surface area (Å²) in [6.45, 7) is 19.7. The molecule has 0 aromatic carbocycles. The summed E-state index contributed by atoms with van der Waals surface area (Å²) in [6, 6.07) is 0. The van der Waals surface area contributed by atoms with Gasteiger partial charge in [-0.2, -0.15) is 0 Å². The summed E-state index contributed by atoms with van der Waals surface area (Å²) in [5, 5.41) is 0. The van der Waals surface area contributed by atoms with Gasteiger partial charge < -0.3 is 0 Å². The smallest absolute Gasteiger partial charge is 0.0996 e. The minimum Gasteiger partial charge on any atom is -0.248 e. The Bertz CT molecular complexity index is 117. The molecule has 0 saturated heterocycles. The second-order valence-electron chi connectivity index (χ2n) is 5.20. The van der Waals surface area contributed by atoms with Crippen LogP contribution in [0.15, 0.2) is 12.7 Å². The Balaban J connectivity index is -0.000000160. The summed E-state index contributed by atoms with van der Waals surface area (Å²) in [4.78, 5) is 0. The van der Waals surface area contributed by atoms with Gasteiger partial charge in [-0.25, -0.2) is 4.39 Å². The Labute approximate surface area is 103 Å². The molecule has 0 aromatic rings. The summed E-state index contributed by atoms with van der Waals surface area (Å²) >= 11 is 0. The van der Waals surface area contributed by atoms with E-state index in [-0.39, 0.29) is 5.92 Å². The van der Waals surface area contributed by atoms with Crippen molar-refractivity contribution < 1.29 is 4.39 Å². The van der Waals surface area contributed by atoms with Gasteiger partial charge in [0.2, 0.25) is 0 Å². The maximum atomic E-state index is 11.8. The zero-order chi connectivity index (χ0) is 13.7. The molecule has 0 radical (unpaired) electrons. The van der Waals surface area contributed by atoms with Gasteiger partial charge in [-0.1, -0.05) is 61.0 Å². The molecule has 0 nitrogen and oxygen atoms in total. The van der Waals surface area contributed by atoms with Gasteiger partial charge >= 0.3 is 0 Å². The van der Waals surface area contributed by atoms with E-state index in [9.17, 15) is 4.39 Å². The number of halogens is 1. The summed E-state index contributed by atoms with van der Waals surface area (Å²) in [5.41, 5.74) is 0. The van der Waals surface area contributed by atoms with Gasteiger partial charge in [0.25, 0.3) is 0 Å². The molecular formula is C15H33F. The average molecular weight is 232 g/mol. The Kier molecular flexibility index (Phi) is 19.3. The molecule has 0 spiro atoms. The molecule has 0 bridgehead atoms. The standard InChI is InChI=1S/C5H11F.C5H12.C5H10/c1-4(2)5(3)6;2*1-4-5(2)3/h4-5H,1-3H3;5H,4H2,1-3H3;4-5H,1H2,2-3H3. The number of rotatable bonds is 3. The molecule has 0 saturated carbocycles. The van der Waals surface area contributed by atoms with E-state index in [0.29, 0.717) is 5.92 Å². The highest BCUT2D eigenvalue weighted by Crippen LogP contribution is 2.02. The summed E-state index contributed by atoms with van der Waals surface area (Å²) in [7, 11) is 0. The molecule has 16 heavy (non-hydrogen) atoms. The van der Waals surface area contributed by atoms with E-state index >= 15 is 0 Å². The lowest BCUT2D eigenvalue weighted by molar-refractivity contribution is 0.280. The third-order valence-corrected chi connectivity index (χ3v) is 2.21. The molecule has 1 heteroatoms. The SMILES string of the molecule is C=CC(C)C.CC(C)C(C)F.CCC(C)C. The van der Waals surface area contributed by atoms with E-state index < -0.39 is 6.17 Å². The molecule has 100 valence electrons. The van der Waals surface area contributed by atoms with Gasteiger partial charge in [-0.05, 0) is 24.7 Å². The van der Waals surface area contributed by atoms with Crippen molar-refractivity contribution in [3.05, 3.63) is 12.7 Å². The zero-order valence-corrected chi connectivity index (χ0v) is 12.7. The topological polar surface area (TPSA) is 0 Å². The van der Waals surface area contributed by atoms with Crippen LogP contribution in [0.3, 0.4) is 0 Å². The van der Waals surface area contributed by atoms with Crippen LogP contribution in [0.1, 0.15) is 61.8 Å². The molecule has 0 aliphatic rings. The van der Waals surface area contributed by atoms with Crippen molar-refractivity contribution in [3.8, 4) is 0 Å². The van der Waals surface area contributed by atoms with E-state index in [1.165, 1.54) is 6.42 Å². The molecule has 0 aliphatic heterocycles. The summed E-state index contributed by atoms with van der Waals surface area (Å²) in [6.07, 6.45) is 2.57. The number of hydrogen-bond acceptors (Lipinski definition) is 0. The first-order valence-corrected chi connectivity index (χ1v) is 6.45. The third kappa shape index (κ3) is 37.3. The molecule has 0 aromatic heterocycles. The average Bonchev–Trinajstić information content (AvgIpc) is 2.19. The van der Waals surface area contributed by atoms with Crippen LogP contribution in [-0.4, -0.2) is 6.17 Å². The van der Waals surface area contributed by atoms with Crippen LogP contribution in [0.25, 0.3) is 0 Å². The van der Waals surface area contributed by atoms with E-state index in [0.717, 1.165) is 5.92 Å². The van der Waals surface area contributed by atoms with Crippen LogP contribution in [0.5, 0.6) is 0 Å². The Morgan fingerprint density at radius 2 is 1.19 bits per heavy atom. The van der Waals surface area contributed by atoms with Gasteiger partial charge in [-0.3, -0.25) is 0 Å². The van der Waals surface area contributed by atoms with Crippen molar-refractivity contribution in [3.63, 3.8) is 0 Å². The lowest BCUT2D eigenvalue weighted by Gasteiger charge is -2.01. The fourth-order valence-electron chi connectivity index (χ4n) is 0. The van der Waals surface area contributed by atoms with Crippen molar-refractivity contribution in [2.75, 3.05) is 0 Å². The van der Waals surface area contributed by atoms with Crippen LogP contribution in [0, 0.1) is 17.8 Å². The molecular weight excluding hydrogens is 199 g/mol. The number of allylic oxidation sites excluding steroid dienone is 1. The molecule has 0 rings (SSSR count). The predicted octanol–water partition coefficient (Wildman–Crippen LogP) is 5.88. The van der Waals surface area contributed by atoms with E-state index in [1.807, 2.05) is 19.9 Å². The number of alkyl halides is 1. The van der Waals surface area contributed by atoms with Crippen LogP contribution < -0.4 is 0 Å². The zero-order valence-electron chi connectivity index (χ0n) is 12.7. The quantitative estimate of drug-likeness (QED) is 0.533. The molecule has 0 amide bonds. The van der Waals surface area contributed by atoms with Crippen LogP contribution in [0.4, 0.5) is 4.39 Å². The highest BCUT2D eigenvalue weighted by molar-refractivity contribution is 4.69. The number of hydrogen-bond donors (Lipinski definition) is 0. The molecule has 0 aliphatic carbocycles. The Morgan fingerprint density at radius 3 is 1.19 bits per heavy atom.